The lowest BCUT2D eigenvalue weighted by atomic mass is 9.98. The second-order valence-corrected chi connectivity index (χ2v) is 6.87. The van der Waals surface area contributed by atoms with Crippen molar-refractivity contribution in [1.82, 2.24) is 5.32 Å². The van der Waals surface area contributed by atoms with Gasteiger partial charge in [-0.1, -0.05) is 30.3 Å². The number of aryl methyl sites for hydroxylation is 1. The fourth-order valence-electron chi connectivity index (χ4n) is 3.56. The summed E-state index contributed by atoms with van der Waals surface area (Å²) in [5, 5.41) is 3.48. The molecule has 4 nitrogen and oxygen atoms in total. The molecule has 1 aliphatic rings. The highest BCUT2D eigenvalue weighted by Gasteiger charge is 2.46. The lowest BCUT2D eigenvalue weighted by molar-refractivity contribution is 0.00733. The molecule has 0 saturated heterocycles. The van der Waals surface area contributed by atoms with Gasteiger partial charge in [0.25, 0.3) is 0 Å². The standard InChI is InChI=1S/C22H29NO3/c1-23-22(18-11-12-18,15-7-10-17-8-5-4-6-9-17)26-19-13-14-20(24-2)21(16-19)25-3/h4-6,8-9,13-14,16,18,23H,7,10-12,15H2,1-3H3. The summed E-state index contributed by atoms with van der Waals surface area (Å²) in [5.74, 6) is 2.76. The maximum atomic E-state index is 6.51. The number of hydrogen-bond donors (Lipinski definition) is 1. The van der Waals surface area contributed by atoms with Gasteiger partial charge in [0.2, 0.25) is 0 Å². The van der Waals surface area contributed by atoms with Crippen molar-refractivity contribution in [3.8, 4) is 17.2 Å². The SMILES string of the molecule is CNC(CCCc1ccccc1)(Oc1ccc(OC)c(OC)c1)C1CC1. The first-order valence-electron chi connectivity index (χ1n) is 9.34. The molecule has 4 heteroatoms. The Kier molecular flexibility index (Phi) is 6.04. The zero-order valence-corrected chi connectivity index (χ0v) is 16.0. The molecule has 140 valence electrons. The zero-order valence-electron chi connectivity index (χ0n) is 16.0. The topological polar surface area (TPSA) is 39.7 Å². The van der Waals surface area contributed by atoms with Crippen molar-refractivity contribution >= 4 is 0 Å². The molecule has 1 N–H and O–H groups in total. The third kappa shape index (κ3) is 4.31. The van der Waals surface area contributed by atoms with Crippen LogP contribution in [0.25, 0.3) is 0 Å². The Morgan fingerprint density at radius 3 is 2.35 bits per heavy atom. The maximum Gasteiger partial charge on any atom is 0.164 e. The molecule has 1 aliphatic carbocycles. The summed E-state index contributed by atoms with van der Waals surface area (Å²) in [6, 6.07) is 16.4. The molecule has 3 rings (SSSR count). The van der Waals surface area contributed by atoms with Gasteiger partial charge < -0.3 is 14.2 Å². The smallest absolute Gasteiger partial charge is 0.164 e. The molecule has 0 spiro atoms. The van der Waals surface area contributed by atoms with Crippen molar-refractivity contribution in [3.63, 3.8) is 0 Å². The van der Waals surface area contributed by atoms with Crippen LogP contribution in [0.2, 0.25) is 0 Å². The third-order valence-corrected chi connectivity index (χ3v) is 5.17. The first kappa shape index (κ1) is 18.6. The molecular weight excluding hydrogens is 326 g/mol. The van der Waals surface area contributed by atoms with Gasteiger partial charge in [0.15, 0.2) is 17.2 Å². The van der Waals surface area contributed by atoms with Crippen molar-refractivity contribution in [2.75, 3.05) is 21.3 Å². The van der Waals surface area contributed by atoms with Crippen molar-refractivity contribution in [2.24, 2.45) is 5.92 Å². The van der Waals surface area contributed by atoms with E-state index in [2.05, 4.69) is 35.6 Å². The van der Waals surface area contributed by atoms with E-state index in [0.717, 1.165) is 25.0 Å². The van der Waals surface area contributed by atoms with Gasteiger partial charge in [0.1, 0.15) is 5.75 Å². The summed E-state index contributed by atoms with van der Waals surface area (Å²) < 4.78 is 17.2. The van der Waals surface area contributed by atoms with Gasteiger partial charge >= 0.3 is 0 Å². The molecule has 0 aromatic heterocycles. The van der Waals surface area contributed by atoms with Crippen molar-refractivity contribution < 1.29 is 14.2 Å². The number of methoxy groups -OCH3 is 2. The van der Waals surface area contributed by atoms with Crippen LogP contribution in [0.5, 0.6) is 17.2 Å². The molecule has 0 radical (unpaired) electrons. The van der Waals surface area contributed by atoms with Gasteiger partial charge in [0.05, 0.1) is 14.2 Å². The highest BCUT2D eigenvalue weighted by Crippen LogP contribution is 2.44. The van der Waals surface area contributed by atoms with Crippen molar-refractivity contribution in [1.29, 1.82) is 0 Å². The second kappa shape index (κ2) is 8.45. The number of benzene rings is 2. The fourth-order valence-corrected chi connectivity index (χ4v) is 3.56. The van der Waals surface area contributed by atoms with Crippen LogP contribution in [-0.4, -0.2) is 27.0 Å². The maximum absolute atomic E-state index is 6.51. The summed E-state index contributed by atoms with van der Waals surface area (Å²) in [6.45, 7) is 0. The highest BCUT2D eigenvalue weighted by atomic mass is 16.5. The second-order valence-electron chi connectivity index (χ2n) is 6.87. The summed E-state index contributed by atoms with van der Waals surface area (Å²) in [7, 11) is 5.29. The summed E-state index contributed by atoms with van der Waals surface area (Å²) in [6.07, 6.45) is 5.53. The Bertz CT molecular complexity index is 700. The Morgan fingerprint density at radius 1 is 1.00 bits per heavy atom. The molecule has 1 fully saturated rings. The number of rotatable bonds is 10. The number of nitrogens with one attached hydrogen (secondary N) is 1. The van der Waals surface area contributed by atoms with E-state index >= 15 is 0 Å². The van der Waals surface area contributed by atoms with Gasteiger partial charge in [-0.25, -0.2) is 0 Å². The monoisotopic (exact) mass is 355 g/mol. The third-order valence-electron chi connectivity index (χ3n) is 5.17. The van der Waals surface area contributed by atoms with Crippen LogP contribution in [0, 0.1) is 5.92 Å². The molecular formula is C22H29NO3. The molecule has 0 bridgehead atoms. The van der Waals surface area contributed by atoms with Gasteiger partial charge in [-0.15, -0.1) is 0 Å². The first-order chi connectivity index (χ1) is 12.7. The van der Waals surface area contributed by atoms with Crippen LogP contribution in [0.4, 0.5) is 0 Å². The van der Waals surface area contributed by atoms with Crippen LogP contribution in [-0.2, 0) is 6.42 Å². The number of ether oxygens (including phenoxy) is 3. The Balaban J connectivity index is 1.71. The normalized spacial score (nSPS) is 16.0. The molecule has 1 atom stereocenters. The Hall–Kier alpha value is -2.20. The minimum atomic E-state index is -0.325. The first-order valence-corrected chi connectivity index (χ1v) is 9.34. The number of hydrogen-bond acceptors (Lipinski definition) is 4. The molecule has 1 saturated carbocycles. The Labute approximate surface area is 156 Å². The molecule has 2 aromatic carbocycles. The minimum Gasteiger partial charge on any atom is -0.493 e. The van der Waals surface area contributed by atoms with Crippen LogP contribution in [0.3, 0.4) is 0 Å². The van der Waals surface area contributed by atoms with E-state index in [0.29, 0.717) is 17.4 Å². The molecule has 26 heavy (non-hydrogen) atoms. The lowest BCUT2D eigenvalue weighted by Crippen LogP contribution is -2.50. The predicted octanol–water partition coefficient (Wildman–Crippen LogP) is 4.43. The molecule has 1 unspecified atom stereocenters. The van der Waals surface area contributed by atoms with E-state index in [4.69, 9.17) is 14.2 Å². The van der Waals surface area contributed by atoms with Crippen molar-refractivity contribution in [2.45, 2.75) is 37.8 Å². The lowest BCUT2D eigenvalue weighted by Gasteiger charge is -2.35. The molecule has 0 heterocycles. The van der Waals surface area contributed by atoms with Crippen LogP contribution >= 0.6 is 0 Å². The average Bonchev–Trinajstić information content (AvgIpc) is 3.53. The van der Waals surface area contributed by atoms with Crippen LogP contribution < -0.4 is 19.5 Å². The van der Waals surface area contributed by atoms with E-state index in [1.165, 1.54) is 18.4 Å². The van der Waals surface area contributed by atoms with Gasteiger partial charge in [-0.3, -0.25) is 5.32 Å². The van der Waals surface area contributed by atoms with E-state index in [1.807, 2.05) is 25.2 Å². The van der Waals surface area contributed by atoms with Crippen molar-refractivity contribution in [3.05, 3.63) is 54.1 Å². The molecule has 2 aromatic rings. The predicted molar refractivity (Wildman–Crippen MR) is 104 cm³/mol. The van der Waals surface area contributed by atoms with E-state index < -0.39 is 0 Å². The highest BCUT2D eigenvalue weighted by molar-refractivity contribution is 5.45. The molecule has 0 aliphatic heterocycles. The van der Waals surface area contributed by atoms with E-state index in [1.54, 1.807) is 14.2 Å². The van der Waals surface area contributed by atoms with Gasteiger partial charge in [-0.05, 0) is 50.4 Å². The van der Waals surface area contributed by atoms with E-state index in [-0.39, 0.29) is 5.72 Å². The van der Waals surface area contributed by atoms with Gasteiger partial charge in [-0.2, -0.15) is 0 Å². The van der Waals surface area contributed by atoms with Crippen LogP contribution in [0.1, 0.15) is 31.2 Å². The fraction of sp³-hybridized carbons (Fsp3) is 0.455. The summed E-state index contributed by atoms with van der Waals surface area (Å²) in [4.78, 5) is 0. The van der Waals surface area contributed by atoms with Gasteiger partial charge in [0, 0.05) is 18.4 Å². The largest absolute Gasteiger partial charge is 0.493 e. The van der Waals surface area contributed by atoms with E-state index in [9.17, 15) is 0 Å². The summed E-state index contributed by atoms with van der Waals surface area (Å²) in [5.41, 5.74) is 1.05. The quantitative estimate of drug-likeness (QED) is 0.640. The molecule has 0 amide bonds. The summed E-state index contributed by atoms with van der Waals surface area (Å²) >= 11 is 0. The zero-order chi connectivity index (χ0) is 18.4. The minimum absolute atomic E-state index is 0.325. The average molecular weight is 355 g/mol. The Morgan fingerprint density at radius 2 is 1.73 bits per heavy atom. The van der Waals surface area contributed by atoms with Crippen LogP contribution in [0.15, 0.2) is 48.5 Å².